The van der Waals surface area contributed by atoms with Gasteiger partial charge in [-0.05, 0) is 12.1 Å². The molecule has 0 spiro atoms. The Labute approximate surface area is 157 Å². The third kappa shape index (κ3) is 5.22. The molecule has 10 heteroatoms. The van der Waals surface area contributed by atoms with Crippen LogP contribution < -0.4 is 5.32 Å². The molecule has 0 bridgehead atoms. The van der Waals surface area contributed by atoms with E-state index in [2.05, 4.69) is 26.0 Å². The van der Waals surface area contributed by atoms with Gasteiger partial charge < -0.3 is 14.8 Å². The Hall–Kier alpha value is -2.11. The second kappa shape index (κ2) is 9.25. The predicted molar refractivity (Wildman–Crippen MR) is 103 cm³/mol. The number of nitrogens with one attached hydrogen (secondary N) is 1. The number of rotatable bonds is 6. The number of halogens is 1. The summed E-state index contributed by atoms with van der Waals surface area (Å²) in [4.78, 5) is 16.4. The van der Waals surface area contributed by atoms with Gasteiger partial charge in [-0.15, -0.1) is 24.0 Å². The largest absolute Gasteiger partial charge is 0.354 e. The maximum atomic E-state index is 10.6. The van der Waals surface area contributed by atoms with Gasteiger partial charge in [0.1, 0.15) is 12.4 Å². The highest BCUT2D eigenvalue weighted by molar-refractivity contribution is 14.0. The molecule has 0 unspecified atom stereocenters. The molecule has 0 aromatic carbocycles. The average molecular weight is 447 g/mol. The highest BCUT2D eigenvalue weighted by Gasteiger charge is 2.10. The van der Waals surface area contributed by atoms with Crippen molar-refractivity contribution in [2.45, 2.75) is 13.1 Å². The fourth-order valence-electron chi connectivity index (χ4n) is 2.21. The molecule has 2 rings (SSSR count). The maximum absolute atomic E-state index is 10.6. The van der Waals surface area contributed by atoms with Gasteiger partial charge in [0, 0.05) is 39.6 Å². The zero-order chi connectivity index (χ0) is 16.8. The molecule has 0 atom stereocenters. The molecule has 0 saturated heterocycles. The van der Waals surface area contributed by atoms with Gasteiger partial charge in [0.05, 0.1) is 18.0 Å². The van der Waals surface area contributed by atoms with E-state index in [1.54, 1.807) is 7.05 Å². The van der Waals surface area contributed by atoms with Gasteiger partial charge in [-0.1, -0.05) is 0 Å². The zero-order valence-corrected chi connectivity index (χ0v) is 16.2. The summed E-state index contributed by atoms with van der Waals surface area (Å²) in [6, 6.07) is 4.07. The summed E-state index contributed by atoms with van der Waals surface area (Å²) in [6.07, 6.45) is 4.67. The van der Waals surface area contributed by atoms with Crippen LogP contribution in [0.2, 0.25) is 0 Å². The molecule has 1 N–H and O–H groups in total. The quantitative estimate of drug-likeness (QED) is 0.238. The van der Waals surface area contributed by atoms with Crippen LogP contribution in [0.3, 0.4) is 0 Å². The number of nitro groups is 1. The second-order valence-corrected chi connectivity index (χ2v) is 5.16. The lowest BCUT2D eigenvalue weighted by atomic mass is 10.4. The van der Waals surface area contributed by atoms with Crippen molar-refractivity contribution in [2.24, 2.45) is 12.0 Å². The van der Waals surface area contributed by atoms with Gasteiger partial charge in [-0.25, -0.2) is 0 Å². The number of nitrogens with zero attached hydrogens (tertiary/aromatic N) is 6. The first-order chi connectivity index (χ1) is 11.0. The van der Waals surface area contributed by atoms with Crippen molar-refractivity contribution in [3.8, 4) is 0 Å². The zero-order valence-electron chi connectivity index (χ0n) is 13.9. The lowest BCUT2D eigenvalue weighted by molar-refractivity contribution is -0.385. The molecular formula is C14H22IN7O2. The summed E-state index contributed by atoms with van der Waals surface area (Å²) in [7, 11) is 5.69. The van der Waals surface area contributed by atoms with Gasteiger partial charge in [-0.3, -0.25) is 19.8 Å². The van der Waals surface area contributed by atoms with Crippen LogP contribution in [-0.2, 0) is 20.1 Å². The Morgan fingerprint density at radius 3 is 2.83 bits per heavy atom. The summed E-state index contributed by atoms with van der Waals surface area (Å²) >= 11 is 0. The number of aliphatic imine (C=N–C) groups is 1. The van der Waals surface area contributed by atoms with E-state index < -0.39 is 4.92 Å². The van der Waals surface area contributed by atoms with E-state index in [4.69, 9.17) is 0 Å². The molecule has 24 heavy (non-hydrogen) atoms. The molecule has 0 aliphatic carbocycles. The van der Waals surface area contributed by atoms with E-state index in [9.17, 15) is 10.1 Å². The summed E-state index contributed by atoms with van der Waals surface area (Å²) in [5.41, 5.74) is 1.17. The molecule has 9 nitrogen and oxygen atoms in total. The van der Waals surface area contributed by atoms with Gasteiger partial charge in [0.15, 0.2) is 5.96 Å². The van der Waals surface area contributed by atoms with Crippen LogP contribution in [0, 0.1) is 10.1 Å². The van der Waals surface area contributed by atoms with Crippen LogP contribution in [0.5, 0.6) is 0 Å². The highest BCUT2D eigenvalue weighted by atomic mass is 127. The number of hydrogen-bond donors (Lipinski definition) is 1. The van der Waals surface area contributed by atoms with Crippen molar-refractivity contribution >= 4 is 35.6 Å². The lowest BCUT2D eigenvalue weighted by Crippen LogP contribution is -2.40. The minimum absolute atomic E-state index is 0. The van der Waals surface area contributed by atoms with Crippen LogP contribution in [0.4, 0.5) is 5.69 Å². The molecule has 0 aliphatic rings. The second-order valence-electron chi connectivity index (χ2n) is 5.16. The van der Waals surface area contributed by atoms with Crippen LogP contribution in [0.25, 0.3) is 0 Å². The first kappa shape index (κ1) is 19.9. The van der Waals surface area contributed by atoms with E-state index >= 15 is 0 Å². The Kier molecular flexibility index (Phi) is 7.68. The molecule has 0 amide bonds. The van der Waals surface area contributed by atoms with Crippen LogP contribution in [0.15, 0.2) is 35.7 Å². The number of hydrogen-bond acceptors (Lipinski definition) is 4. The molecule has 2 aromatic heterocycles. The maximum Gasteiger partial charge on any atom is 0.306 e. The molecule has 0 saturated carbocycles. The lowest BCUT2D eigenvalue weighted by Gasteiger charge is -2.22. The van der Waals surface area contributed by atoms with E-state index in [-0.39, 0.29) is 29.7 Å². The van der Waals surface area contributed by atoms with Crippen molar-refractivity contribution in [3.63, 3.8) is 0 Å². The van der Waals surface area contributed by atoms with Gasteiger partial charge in [0.2, 0.25) is 0 Å². The standard InChI is InChI=1S/C14H21N7O2.HI/c1-15-14(19(3)10-12-5-4-7-18(12)2)16-6-8-20-11-13(9-17-20)21(22)23;/h4-5,7,9,11H,6,8,10H2,1-3H3,(H,15,16);1H. The third-order valence-electron chi connectivity index (χ3n) is 3.48. The van der Waals surface area contributed by atoms with E-state index in [1.165, 1.54) is 22.8 Å². The molecular weight excluding hydrogens is 425 g/mol. The van der Waals surface area contributed by atoms with Crippen molar-refractivity contribution in [3.05, 3.63) is 46.5 Å². The topological polar surface area (TPSA) is 93.5 Å². The minimum Gasteiger partial charge on any atom is -0.354 e. The minimum atomic E-state index is -0.455. The van der Waals surface area contributed by atoms with Crippen LogP contribution >= 0.6 is 24.0 Å². The molecule has 0 fully saturated rings. The smallest absolute Gasteiger partial charge is 0.306 e. The Morgan fingerprint density at radius 1 is 1.54 bits per heavy atom. The van der Waals surface area contributed by atoms with Crippen molar-refractivity contribution in [1.82, 2.24) is 24.6 Å². The molecule has 2 heterocycles. The van der Waals surface area contributed by atoms with Gasteiger partial charge >= 0.3 is 5.69 Å². The van der Waals surface area contributed by atoms with Crippen molar-refractivity contribution < 1.29 is 4.92 Å². The molecule has 132 valence electrons. The van der Waals surface area contributed by atoms with Crippen molar-refractivity contribution in [1.29, 1.82) is 0 Å². The van der Waals surface area contributed by atoms with Gasteiger partial charge in [-0.2, -0.15) is 5.10 Å². The SMILES string of the molecule is CN=C(NCCn1cc([N+](=O)[O-])cn1)N(C)Cc1cccn1C.I. The third-order valence-corrected chi connectivity index (χ3v) is 3.48. The van der Waals surface area contributed by atoms with E-state index in [0.717, 1.165) is 12.5 Å². The molecule has 0 aliphatic heterocycles. The normalized spacial score (nSPS) is 11.0. The number of guanidine groups is 1. The van der Waals surface area contributed by atoms with Crippen LogP contribution in [-0.4, -0.2) is 50.8 Å². The number of aryl methyl sites for hydroxylation is 1. The van der Waals surface area contributed by atoms with E-state index in [0.29, 0.717) is 13.1 Å². The summed E-state index contributed by atoms with van der Waals surface area (Å²) in [6.45, 7) is 1.82. The average Bonchev–Trinajstić information content (AvgIpc) is 3.13. The summed E-state index contributed by atoms with van der Waals surface area (Å²) in [5, 5.41) is 17.8. The predicted octanol–water partition coefficient (Wildman–Crippen LogP) is 1.46. The first-order valence-corrected chi connectivity index (χ1v) is 7.20. The number of aromatic nitrogens is 3. The Morgan fingerprint density at radius 2 is 2.29 bits per heavy atom. The molecule has 2 aromatic rings. The summed E-state index contributed by atoms with van der Waals surface area (Å²) in [5.74, 6) is 0.757. The first-order valence-electron chi connectivity index (χ1n) is 7.20. The Bertz CT molecular complexity index is 695. The van der Waals surface area contributed by atoms with Crippen LogP contribution in [0.1, 0.15) is 5.69 Å². The van der Waals surface area contributed by atoms with E-state index in [1.807, 2.05) is 31.3 Å². The Balaban J connectivity index is 0.00000288. The highest BCUT2D eigenvalue weighted by Crippen LogP contribution is 2.07. The van der Waals surface area contributed by atoms with Gasteiger partial charge in [0.25, 0.3) is 0 Å². The van der Waals surface area contributed by atoms with Crippen molar-refractivity contribution in [2.75, 3.05) is 20.6 Å². The fraction of sp³-hybridized carbons (Fsp3) is 0.429. The monoisotopic (exact) mass is 447 g/mol. The molecule has 0 radical (unpaired) electrons. The fourth-order valence-corrected chi connectivity index (χ4v) is 2.21. The summed E-state index contributed by atoms with van der Waals surface area (Å²) < 4.78 is 3.60.